The fourth-order valence-electron chi connectivity index (χ4n) is 3.68. The summed E-state index contributed by atoms with van der Waals surface area (Å²) in [7, 11) is 0. The highest BCUT2D eigenvalue weighted by molar-refractivity contribution is 7.99. The number of carbonyl (C=O) groups is 1. The van der Waals surface area contributed by atoms with E-state index in [-0.39, 0.29) is 12.6 Å². The Morgan fingerprint density at radius 2 is 1.97 bits per heavy atom. The standard InChI is InChI=1S/C22H19N3O3S/c1-13-9-16(14(2)25(13)15-7-8-20-21(10-15)28-12-27-20)19(26)11-29-22-23-17-5-3-4-6-18(17)24-22/h3-10H,11-12H2,1-2H3,(H,23,24). The maximum Gasteiger partial charge on any atom is 0.231 e. The number of nitrogens with zero attached hydrogens (tertiary/aromatic N) is 2. The van der Waals surface area contributed by atoms with Crippen molar-refractivity contribution in [3.63, 3.8) is 0 Å². The number of carbonyl (C=O) groups excluding carboxylic acids is 1. The van der Waals surface area contributed by atoms with Crippen molar-refractivity contribution < 1.29 is 14.3 Å². The number of aromatic nitrogens is 3. The molecule has 0 radical (unpaired) electrons. The lowest BCUT2D eigenvalue weighted by Crippen LogP contribution is -2.05. The second-order valence-electron chi connectivity index (χ2n) is 6.93. The molecule has 0 saturated carbocycles. The lowest BCUT2D eigenvalue weighted by molar-refractivity contribution is 0.102. The molecule has 0 bridgehead atoms. The van der Waals surface area contributed by atoms with E-state index < -0.39 is 0 Å². The van der Waals surface area contributed by atoms with E-state index >= 15 is 0 Å². The molecule has 3 heterocycles. The van der Waals surface area contributed by atoms with Gasteiger partial charge in [-0.05, 0) is 44.2 Å². The van der Waals surface area contributed by atoms with Gasteiger partial charge in [-0.1, -0.05) is 23.9 Å². The number of imidazole rings is 1. The highest BCUT2D eigenvalue weighted by atomic mass is 32.2. The highest BCUT2D eigenvalue weighted by Crippen LogP contribution is 2.35. The van der Waals surface area contributed by atoms with Crippen LogP contribution in [0.25, 0.3) is 16.7 Å². The van der Waals surface area contributed by atoms with Crippen molar-refractivity contribution >= 4 is 28.6 Å². The number of hydrogen-bond donors (Lipinski definition) is 1. The van der Waals surface area contributed by atoms with Gasteiger partial charge in [0.25, 0.3) is 0 Å². The Morgan fingerprint density at radius 1 is 1.14 bits per heavy atom. The molecule has 2 aromatic heterocycles. The zero-order valence-corrected chi connectivity index (χ0v) is 16.9. The molecule has 2 aromatic carbocycles. The van der Waals surface area contributed by atoms with Crippen molar-refractivity contribution in [3.8, 4) is 17.2 Å². The summed E-state index contributed by atoms with van der Waals surface area (Å²) in [6.07, 6.45) is 0. The van der Waals surface area contributed by atoms with Crippen LogP contribution in [-0.2, 0) is 0 Å². The van der Waals surface area contributed by atoms with Crippen molar-refractivity contribution in [1.82, 2.24) is 14.5 Å². The van der Waals surface area contributed by atoms with Crippen LogP contribution < -0.4 is 9.47 Å². The average Bonchev–Trinajstić information content (AvgIpc) is 3.42. The molecule has 0 unspecified atom stereocenters. The Hall–Kier alpha value is -3.19. The van der Waals surface area contributed by atoms with E-state index in [2.05, 4.69) is 14.5 Å². The summed E-state index contributed by atoms with van der Waals surface area (Å²) in [6.45, 7) is 4.21. The first-order valence-corrected chi connectivity index (χ1v) is 10.3. The SMILES string of the molecule is Cc1cc(C(=O)CSc2nc3ccccc3[nH]2)c(C)n1-c1ccc2c(c1)OCO2. The smallest absolute Gasteiger partial charge is 0.231 e. The molecule has 0 saturated heterocycles. The quantitative estimate of drug-likeness (QED) is 0.386. The molecule has 29 heavy (non-hydrogen) atoms. The third-order valence-corrected chi connectivity index (χ3v) is 5.93. The number of para-hydroxylation sites is 2. The molecule has 0 fully saturated rings. The van der Waals surface area contributed by atoms with Gasteiger partial charge in [0.15, 0.2) is 22.4 Å². The van der Waals surface area contributed by atoms with Crippen LogP contribution in [0.15, 0.2) is 53.7 Å². The first kappa shape index (κ1) is 17.9. The van der Waals surface area contributed by atoms with Gasteiger partial charge in [0, 0.05) is 28.7 Å². The first-order valence-electron chi connectivity index (χ1n) is 9.30. The van der Waals surface area contributed by atoms with Crippen LogP contribution in [0.4, 0.5) is 0 Å². The van der Waals surface area contributed by atoms with Crippen LogP contribution in [0.5, 0.6) is 11.5 Å². The van der Waals surface area contributed by atoms with Gasteiger partial charge >= 0.3 is 0 Å². The number of Topliss-reactive ketones (excluding diaryl/α,β-unsaturated/α-hetero) is 1. The number of hydrogen-bond acceptors (Lipinski definition) is 5. The molecule has 0 spiro atoms. The maximum absolute atomic E-state index is 12.9. The van der Waals surface area contributed by atoms with Gasteiger partial charge in [-0.3, -0.25) is 4.79 Å². The van der Waals surface area contributed by atoms with E-state index in [4.69, 9.17) is 9.47 Å². The van der Waals surface area contributed by atoms with E-state index in [9.17, 15) is 4.79 Å². The van der Waals surface area contributed by atoms with Gasteiger partial charge in [0.2, 0.25) is 6.79 Å². The second kappa shape index (κ2) is 7.00. The van der Waals surface area contributed by atoms with Crippen molar-refractivity contribution in [2.75, 3.05) is 12.5 Å². The lowest BCUT2D eigenvalue weighted by atomic mass is 10.2. The summed E-state index contributed by atoms with van der Waals surface area (Å²) in [5.74, 6) is 1.87. The highest BCUT2D eigenvalue weighted by Gasteiger charge is 2.20. The topological polar surface area (TPSA) is 69.1 Å². The van der Waals surface area contributed by atoms with Gasteiger partial charge in [-0.15, -0.1) is 0 Å². The summed E-state index contributed by atoms with van der Waals surface area (Å²) in [5.41, 5.74) is 5.47. The zero-order valence-electron chi connectivity index (χ0n) is 16.1. The molecule has 5 rings (SSSR count). The Bertz CT molecular complexity index is 1210. The molecule has 1 aliphatic heterocycles. The third-order valence-electron chi connectivity index (χ3n) is 5.05. The molecule has 0 amide bonds. The Morgan fingerprint density at radius 3 is 2.83 bits per heavy atom. The minimum atomic E-state index is 0.0792. The van der Waals surface area contributed by atoms with Crippen LogP contribution >= 0.6 is 11.8 Å². The Labute approximate surface area is 171 Å². The van der Waals surface area contributed by atoms with Gasteiger partial charge < -0.3 is 19.0 Å². The van der Waals surface area contributed by atoms with Crippen molar-refractivity contribution in [1.29, 1.82) is 0 Å². The van der Waals surface area contributed by atoms with Crippen LogP contribution in [0, 0.1) is 13.8 Å². The number of benzene rings is 2. The first-order chi connectivity index (χ1) is 14.1. The van der Waals surface area contributed by atoms with Crippen LogP contribution in [-0.4, -0.2) is 32.9 Å². The largest absolute Gasteiger partial charge is 0.454 e. The fraction of sp³-hybridized carbons (Fsp3) is 0.182. The maximum atomic E-state index is 12.9. The average molecular weight is 405 g/mol. The lowest BCUT2D eigenvalue weighted by Gasteiger charge is -2.10. The summed E-state index contributed by atoms with van der Waals surface area (Å²) in [6, 6.07) is 15.6. The summed E-state index contributed by atoms with van der Waals surface area (Å²) in [4.78, 5) is 20.7. The van der Waals surface area contributed by atoms with Crippen molar-refractivity contribution in [3.05, 3.63) is 65.5 Å². The number of ketones is 1. The fourth-order valence-corrected chi connectivity index (χ4v) is 4.44. The van der Waals surface area contributed by atoms with Gasteiger partial charge in [0.05, 0.1) is 16.8 Å². The van der Waals surface area contributed by atoms with Gasteiger partial charge in [-0.2, -0.15) is 0 Å². The monoisotopic (exact) mass is 405 g/mol. The molecule has 0 aliphatic carbocycles. The molecule has 146 valence electrons. The predicted octanol–water partition coefficient (Wildman–Crippen LogP) is 4.67. The predicted molar refractivity (Wildman–Crippen MR) is 113 cm³/mol. The van der Waals surface area contributed by atoms with Gasteiger partial charge in [-0.25, -0.2) is 4.98 Å². The Balaban J connectivity index is 1.38. The molecule has 4 aromatic rings. The van der Waals surface area contributed by atoms with Crippen molar-refractivity contribution in [2.45, 2.75) is 19.0 Å². The summed E-state index contributed by atoms with van der Waals surface area (Å²) < 4.78 is 13.0. The summed E-state index contributed by atoms with van der Waals surface area (Å²) in [5, 5.41) is 0.754. The van der Waals surface area contributed by atoms with E-state index in [1.165, 1.54) is 11.8 Å². The minimum absolute atomic E-state index is 0.0792. The van der Waals surface area contributed by atoms with Gasteiger partial charge in [0.1, 0.15) is 0 Å². The number of fused-ring (bicyclic) bond motifs is 2. The number of nitrogens with one attached hydrogen (secondary N) is 1. The number of aryl methyl sites for hydroxylation is 1. The van der Waals surface area contributed by atoms with E-state index in [0.29, 0.717) is 5.75 Å². The third kappa shape index (κ3) is 3.17. The number of ether oxygens (including phenoxy) is 2. The molecule has 7 heteroatoms. The number of rotatable bonds is 5. The number of H-pyrrole nitrogens is 1. The zero-order chi connectivity index (χ0) is 20.0. The van der Waals surface area contributed by atoms with Crippen molar-refractivity contribution in [2.24, 2.45) is 0 Å². The van der Waals surface area contributed by atoms with E-state index in [1.54, 1.807) is 0 Å². The molecule has 1 N–H and O–H groups in total. The van der Waals surface area contributed by atoms with Crippen LogP contribution in [0.3, 0.4) is 0 Å². The molecular weight excluding hydrogens is 386 g/mol. The molecule has 0 atom stereocenters. The normalized spacial score (nSPS) is 12.6. The molecular formula is C22H19N3O3S. The number of aromatic amines is 1. The second-order valence-corrected chi connectivity index (χ2v) is 7.89. The van der Waals surface area contributed by atoms with Crippen LogP contribution in [0.2, 0.25) is 0 Å². The molecule has 6 nitrogen and oxygen atoms in total. The minimum Gasteiger partial charge on any atom is -0.454 e. The Kier molecular flexibility index (Phi) is 4.32. The number of thioether (sulfide) groups is 1. The molecule has 1 aliphatic rings. The van der Waals surface area contributed by atoms with Crippen LogP contribution in [0.1, 0.15) is 21.7 Å². The summed E-state index contributed by atoms with van der Waals surface area (Å²) >= 11 is 1.42. The van der Waals surface area contributed by atoms with E-state index in [1.807, 2.05) is 62.4 Å². The van der Waals surface area contributed by atoms with E-state index in [0.717, 1.165) is 50.3 Å².